The van der Waals surface area contributed by atoms with Gasteiger partial charge >= 0.3 is 5.97 Å². The van der Waals surface area contributed by atoms with E-state index in [1.54, 1.807) is 0 Å². The van der Waals surface area contributed by atoms with E-state index in [-0.39, 0.29) is 6.54 Å². The summed E-state index contributed by atoms with van der Waals surface area (Å²) in [5.74, 6) is -2.83. The zero-order chi connectivity index (χ0) is 16.5. The molecule has 0 saturated carbocycles. The Bertz CT molecular complexity index is 755. The van der Waals surface area contributed by atoms with Crippen LogP contribution >= 0.6 is 0 Å². The van der Waals surface area contributed by atoms with Crippen molar-refractivity contribution in [3.05, 3.63) is 29.1 Å². The number of carbonyl (C=O) groups is 1. The lowest BCUT2D eigenvalue weighted by atomic mass is 10.1. The van der Waals surface area contributed by atoms with Gasteiger partial charge in [0.25, 0.3) is 0 Å². The highest BCUT2D eigenvalue weighted by Gasteiger charge is 2.36. The molecule has 1 aromatic carbocycles. The zero-order valence-corrected chi connectivity index (χ0v) is 12.7. The number of sulfonamides is 1. The summed E-state index contributed by atoms with van der Waals surface area (Å²) in [5, 5.41) is 18.1. The lowest BCUT2D eigenvalue weighted by Gasteiger charge is -2.30. The number of carboxylic acid groups (broad SMARTS) is 1. The first-order chi connectivity index (χ1) is 10.3. The fraction of sp³-hybridized carbons (Fsp3) is 0.429. The summed E-state index contributed by atoms with van der Waals surface area (Å²) in [6, 6.07) is 3.23. The smallest absolute Gasteiger partial charge is 0.338 e. The Morgan fingerprint density at radius 2 is 2.14 bits per heavy atom. The van der Waals surface area contributed by atoms with Crippen molar-refractivity contribution in [1.82, 2.24) is 4.31 Å². The highest BCUT2D eigenvalue weighted by atomic mass is 32.2. The van der Waals surface area contributed by atoms with E-state index in [0.717, 1.165) is 22.9 Å². The molecule has 0 aromatic heterocycles. The third-order valence-corrected chi connectivity index (χ3v) is 5.51. The lowest BCUT2D eigenvalue weighted by Crippen LogP contribution is -2.43. The molecular weight excluding hydrogens is 311 g/mol. The molecule has 8 heteroatoms. The van der Waals surface area contributed by atoms with Crippen LogP contribution in [-0.2, 0) is 10.0 Å². The molecule has 1 aliphatic rings. The molecule has 1 unspecified atom stereocenters. The summed E-state index contributed by atoms with van der Waals surface area (Å²) in [6.45, 7) is 1.61. The second-order valence-corrected chi connectivity index (χ2v) is 7.05. The van der Waals surface area contributed by atoms with Crippen molar-refractivity contribution in [1.29, 1.82) is 5.26 Å². The van der Waals surface area contributed by atoms with Crippen LogP contribution in [0.3, 0.4) is 0 Å². The molecule has 118 valence electrons. The molecule has 22 heavy (non-hydrogen) atoms. The molecule has 1 atom stereocenters. The van der Waals surface area contributed by atoms with Crippen molar-refractivity contribution in [3.63, 3.8) is 0 Å². The minimum absolute atomic E-state index is 0.121. The summed E-state index contributed by atoms with van der Waals surface area (Å²) < 4.78 is 40.6. The Kier molecular flexibility index (Phi) is 4.49. The standard InChI is InChI=1S/C14H15FN2O4S/c1-9-6-11(14(18)19)13(15)12(7-9)22(20,21)17-5-3-2-4-10(17)8-16/h6-7,10H,2-5H2,1H3,(H,18,19). The quantitative estimate of drug-likeness (QED) is 0.914. The van der Waals surface area contributed by atoms with E-state index in [2.05, 4.69) is 0 Å². The van der Waals surface area contributed by atoms with Gasteiger partial charge in [0.05, 0.1) is 11.6 Å². The van der Waals surface area contributed by atoms with Gasteiger partial charge in [-0.2, -0.15) is 9.57 Å². The summed E-state index contributed by atoms with van der Waals surface area (Å²) in [5.41, 5.74) is -0.369. The summed E-state index contributed by atoms with van der Waals surface area (Å²) in [6.07, 6.45) is 1.69. The topological polar surface area (TPSA) is 98.5 Å². The van der Waals surface area contributed by atoms with Gasteiger partial charge in [-0.15, -0.1) is 0 Å². The van der Waals surface area contributed by atoms with Gasteiger partial charge in [0.2, 0.25) is 10.0 Å². The van der Waals surface area contributed by atoms with Crippen LogP contribution in [0.25, 0.3) is 0 Å². The number of nitrogens with zero attached hydrogens (tertiary/aromatic N) is 2. The predicted octanol–water partition coefficient (Wildman–Crippen LogP) is 1.90. The van der Waals surface area contributed by atoms with Gasteiger partial charge in [-0.05, 0) is 43.9 Å². The fourth-order valence-corrected chi connectivity index (χ4v) is 4.31. The zero-order valence-electron chi connectivity index (χ0n) is 11.9. The van der Waals surface area contributed by atoms with E-state index < -0.39 is 38.3 Å². The molecule has 0 spiro atoms. The van der Waals surface area contributed by atoms with Crippen LogP contribution in [0.5, 0.6) is 0 Å². The molecule has 6 nitrogen and oxygen atoms in total. The first kappa shape index (κ1) is 16.4. The van der Waals surface area contributed by atoms with E-state index >= 15 is 0 Å². The lowest BCUT2D eigenvalue weighted by molar-refractivity contribution is 0.0691. The van der Waals surface area contributed by atoms with Gasteiger partial charge in [0, 0.05) is 6.54 Å². The number of benzene rings is 1. The number of piperidine rings is 1. The minimum atomic E-state index is -4.26. The number of hydrogen-bond acceptors (Lipinski definition) is 4. The van der Waals surface area contributed by atoms with Crippen LogP contribution in [0, 0.1) is 24.1 Å². The molecule has 1 saturated heterocycles. The van der Waals surface area contributed by atoms with Gasteiger partial charge in [0.15, 0.2) is 5.82 Å². The number of aromatic carboxylic acids is 1. The average Bonchev–Trinajstić information content (AvgIpc) is 2.48. The molecule has 1 fully saturated rings. The third kappa shape index (κ3) is 2.82. The largest absolute Gasteiger partial charge is 0.478 e. The van der Waals surface area contributed by atoms with E-state index in [4.69, 9.17) is 10.4 Å². The molecule has 1 heterocycles. The number of nitriles is 1. The summed E-state index contributed by atoms with van der Waals surface area (Å²) in [7, 11) is -4.26. The Morgan fingerprint density at radius 1 is 1.45 bits per heavy atom. The highest BCUT2D eigenvalue weighted by molar-refractivity contribution is 7.89. The van der Waals surface area contributed by atoms with Crippen molar-refractivity contribution in [2.24, 2.45) is 0 Å². The van der Waals surface area contributed by atoms with Crippen LogP contribution in [0.4, 0.5) is 4.39 Å². The summed E-state index contributed by atoms with van der Waals surface area (Å²) >= 11 is 0. The van der Waals surface area contributed by atoms with Crippen molar-refractivity contribution < 1.29 is 22.7 Å². The number of halogens is 1. The fourth-order valence-electron chi connectivity index (χ4n) is 2.53. The monoisotopic (exact) mass is 326 g/mol. The highest BCUT2D eigenvalue weighted by Crippen LogP contribution is 2.28. The minimum Gasteiger partial charge on any atom is -0.478 e. The number of aryl methyl sites for hydroxylation is 1. The first-order valence-electron chi connectivity index (χ1n) is 6.74. The van der Waals surface area contributed by atoms with Crippen LogP contribution in [-0.4, -0.2) is 36.4 Å². The molecule has 0 aliphatic carbocycles. The SMILES string of the molecule is Cc1cc(C(=O)O)c(F)c(S(=O)(=O)N2CCCCC2C#N)c1. The van der Waals surface area contributed by atoms with Crippen molar-refractivity contribution in [3.8, 4) is 6.07 Å². The van der Waals surface area contributed by atoms with Crippen molar-refractivity contribution >= 4 is 16.0 Å². The second-order valence-electron chi connectivity index (χ2n) is 5.19. The Balaban J connectivity index is 2.59. The van der Waals surface area contributed by atoms with Gasteiger partial charge < -0.3 is 5.11 Å². The van der Waals surface area contributed by atoms with Crippen LogP contribution in [0.2, 0.25) is 0 Å². The number of carboxylic acids is 1. The van der Waals surface area contributed by atoms with E-state index in [0.29, 0.717) is 18.4 Å². The molecular formula is C14H15FN2O4S. The van der Waals surface area contributed by atoms with Crippen LogP contribution in [0.1, 0.15) is 35.2 Å². The van der Waals surface area contributed by atoms with E-state index in [9.17, 15) is 17.6 Å². The maximum absolute atomic E-state index is 14.3. The van der Waals surface area contributed by atoms with Crippen LogP contribution in [0.15, 0.2) is 17.0 Å². The Labute approximate surface area is 127 Å². The molecule has 0 radical (unpaired) electrons. The Hall–Kier alpha value is -1.98. The van der Waals surface area contributed by atoms with E-state index in [1.165, 1.54) is 6.92 Å². The maximum Gasteiger partial charge on any atom is 0.338 e. The van der Waals surface area contributed by atoms with Gasteiger partial charge in [-0.1, -0.05) is 0 Å². The van der Waals surface area contributed by atoms with E-state index in [1.807, 2.05) is 6.07 Å². The third-order valence-electron chi connectivity index (χ3n) is 3.60. The maximum atomic E-state index is 14.3. The molecule has 0 amide bonds. The second kappa shape index (κ2) is 6.02. The molecule has 1 N–H and O–H groups in total. The van der Waals surface area contributed by atoms with Crippen LogP contribution < -0.4 is 0 Å². The first-order valence-corrected chi connectivity index (χ1v) is 8.18. The average molecular weight is 326 g/mol. The van der Waals surface area contributed by atoms with Gasteiger partial charge in [0.1, 0.15) is 10.9 Å². The summed E-state index contributed by atoms with van der Waals surface area (Å²) in [4.78, 5) is 10.4. The van der Waals surface area contributed by atoms with Crippen molar-refractivity contribution in [2.75, 3.05) is 6.54 Å². The van der Waals surface area contributed by atoms with Crippen molar-refractivity contribution in [2.45, 2.75) is 37.1 Å². The number of hydrogen-bond donors (Lipinski definition) is 1. The number of rotatable bonds is 3. The Morgan fingerprint density at radius 3 is 2.73 bits per heavy atom. The van der Waals surface area contributed by atoms with Gasteiger partial charge in [-0.3, -0.25) is 0 Å². The molecule has 0 bridgehead atoms. The molecule has 1 aliphatic heterocycles. The predicted molar refractivity (Wildman–Crippen MR) is 75.2 cm³/mol. The normalized spacial score (nSPS) is 19.6. The molecule has 1 aromatic rings. The van der Waals surface area contributed by atoms with Gasteiger partial charge in [-0.25, -0.2) is 17.6 Å². The molecule has 2 rings (SSSR count).